The minimum Gasteiger partial charge on any atom is -0.507 e. The first-order valence-electron chi connectivity index (χ1n) is 10.7. The third kappa shape index (κ3) is 3.33. The first-order valence-corrected chi connectivity index (χ1v) is 10.7. The molecule has 3 aromatic rings. The average molecular weight is 424 g/mol. The molecule has 9 heteroatoms. The van der Waals surface area contributed by atoms with Crippen molar-refractivity contribution in [3.63, 3.8) is 0 Å². The lowest BCUT2D eigenvalue weighted by Gasteiger charge is -2.38. The number of halogens is 1. The molecule has 8 nitrogen and oxygen atoms in total. The van der Waals surface area contributed by atoms with E-state index in [-0.39, 0.29) is 29.2 Å². The lowest BCUT2D eigenvalue weighted by atomic mass is 9.96. The molecule has 4 atom stereocenters. The highest BCUT2D eigenvalue weighted by Crippen LogP contribution is 2.34. The van der Waals surface area contributed by atoms with Crippen LogP contribution in [0, 0.1) is 0 Å². The van der Waals surface area contributed by atoms with Crippen LogP contribution in [0.15, 0.2) is 35.4 Å². The maximum Gasteiger partial charge on any atom is 0.258 e. The van der Waals surface area contributed by atoms with Gasteiger partial charge < -0.3 is 19.9 Å². The van der Waals surface area contributed by atoms with Crippen LogP contribution in [0.3, 0.4) is 0 Å². The number of anilines is 1. The summed E-state index contributed by atoms with van der Waals surface area (Å²) in [5.41, 5.74) is 0.237. The molecule has 31 heavy (non-hydrogen) atoms. The monoisotopic (exact) mass is 424 g/mol. The smallest absolute Gasteiger partial charge is 0.258 e. The Morgan fingerprint density at radius 2 is 2.16 bits per heavy atom. The van der Waals surface area contributed by atoms with E-state index < -0.39 is 6.17 Å². The minimum absolute atomic E-state index is 0.0832. The van der Waals surface area contributed by atoms with Crippen molar-refractivity contribution in [1.82, 2.24) is 25.1 Å². The number of benzene rings is 1. The number of alkyl halides is 1. The van der Waals surface area contributed by atoms with Crippen LogP contribution in [0.2, 0.25) is 0 Å². The number of piperidine rings is 1. The Balaban J connectivity index is 1.44. The Morgan fingerprint density at radius 1 is 1.32 bits per heavy atom. The SMILES string of the molecule is CCn1ccc2cc(-c3ncc(N(C)C4CC5CCC(N5)[C@@H]4F)nn3)c(O)cc2c1=O. The van der Waals surface area contributed by atoms with Gasteiger partial charge in [0.05, 0.1) is 23.2 Å². The first kappa shape index (κ1) is 19.9. The molecule has 0 amide bonds. The molecule has 2 N–H and O–H groups in total. The number of aromatic nitrogens is 4. The zero-order chi connectivity index (χ0) is 21.7. The summed E-state index contributed by atoms with van der Waals surface area (Å²) >= 11 is 0. The normalized spacial score (nSPS) is 25.1. The zero-order valence-electron chi connectivity index (χ0n) is 17.5. The molecule has 2 fully saturated rings. The van der Waals surface area contributed by atoms with Crippen molar-refractivity contribution >= 4 is 16.6 Å². The van der Waals surface area contributed by atoms with Crippen molar-refractivity contribution in [3.05, 3.63) is 40.9 Å². The lowest BCUT2D eigenvalue weighted by Crippen LogP contribution is -2.55. The van der Waals surface area contributed by atoms with Crippen LogP contribution in [0.25, 0.3) is 22.2 Å². The molecule has 2 aliphatic heterocycles. The number of nitrogens with zero attached hydrogens (tertiary/aromatic N) is 5. The van der Waals surface area contributed by atoms with Crippen molar-refractivity contribution in [1.29, 1.82) is 0 Å². The standard InChI is InChI=1S/C22H25FN6O2/c1-3-29-7-6-12-8-15(18(30)10-14(12)22(29)31)21-24-11-19(26-27-21)28(2)17-9-13-4-5-16(25-13)20(17)23/h6-8,10-11,13,16-17,20,25,30H,3-5,9H2,1-2H3/t13?,16?,17?,20-/m0/s1. The number of aryl methyl sites for hydroxylation is 1. The lowest BCUT2D eigenvalue weighted by molar-refractivity contribution is 0.176. The van der Waals surface area contributed by atoms with Crippen LogP contribution in [0.5, 0.6) is 5.75 Å². The summed E-state index contributed by atoms with van der Waals surface area (Å²) in [6, 6.07) is 4.94. The fraction of sp³-hybridized carbons (Fsp3) is 0.455. The summed E-state index contributed by atoms with van der Waals surface area (Å²) in [4.78, 5) is 18.7. The average Bonchev–Trinajstić information content (AvgIpc) is 3.20. The molecule has 162 valence electrons. The van der Waals surface area contributed by atoms with E-state index in [4.69, 9.17) is 0 Å². The molecule has 2 aromatic heterocycles. The van der Waals surface area contributed by atoms with Gasteiger partial charge in [0, 0.05) is 31.9 Å². The predicted molar refractivity (Wildman–Crippen MR) is 116 cm³/mol. The van der Waals surface area contributed by atoms with Gasteiger partial charge in [-0.3, -0.25) is 4.79 Å². The first-order chi connectivity index (χ1) is 15.0. The Hall–Kier alpha value is -3.07. The van der Waals surface area contributed by atoms with Crippen molar-refractivity contribution in [2.75, 3.05) is 11.9 Å². The number of rotatable bonds is 4. The van der Waals surface area contributed by atoms with E-state index in [2.05, 4.69) is 20.5 Å². The topological polar surface area (TPSA) is 96.2 Å². The number of phenolic OH excluding ortho intramolecular Hbond substituents is 1. The number of hydrogen-bond acceptors (Lipinski definition) is 7. The van der Waals surface area contributed by atoms with Crippen LogP contribution in [0.1, 0.15) is 26.2 Å². The maximum atomic E-state index is 14.9. The van der Waals surface area contributed by atoms with Crippen molar-refractivity contribution in [3.8, 4) is 17.1 Å². The largest absolute Gasteiger partial charge is 0.507 e. The number of phenols is 1. The Bertz CT molecular complexity index is 1180. The highest BCUT2D eigenvalue weighted by molar-refractivity contribution is 5.88. The number of hydrogen-bond donors (Lipinski definition) is 2. The minimum atomic E-state index is -0.970. The van der Waals surface area contributed by atoms with E-state index in [0.717, 1.165) is 19.3 Å². The van der Waals surface area contributed by atoms with Gasteiger partial charge in [0.25, 0.3) is 5.56 Å². The number of nitrogens with one attached hydrogen (secondary N) is 1. The summed E-state index contributed by atoms with van der Waals surface area (Å²) in [7, 11) is 1.82. The highest BCUT2D eigenvalue weighted by atomic mass is 19.1. The molecule has 2 bridgehead atoms. The van der Waals surface area contributed by atoms with E-state index in [1.807, 2.05) is 24.9 Å². The van der Waals surface area contributed by atoms with Crippen LogP contribution >= 0.6 is 0 Å². The molecule has 2 aliphatic rings. The van der Waals surface area contributed by atoms with Gasteiger partial charge in [-0.25, -0.2) is 9.37 Å². The Morgan fingerprint density at radius 3 is 2.90 bits per heavy atom. The van der Waals surface area contributed by atoms with Gasteiger partial charge in [-0.15, -0.1) is 10.2 Å². The van der Waals surface area contributed by atoms with E-state index in [0.29, 0.717) is 34.7 Å². The van der Waals surface area contributed by atoms with Crippen LogP contribution in [-0.4, -0.2) is 56.2 Å². The molecular weight excluding hydrogens is 399 g/mol. The summed E-state index contributed by atoms with van der Waals surface area (Å²) < 4.78 is 16.5. The number of pyridine rings is 1. The van der Waals surface area contributed by atoms with Gasteiger partial charge in [0.1, 0.15) is 11.9 Å². The molecule has 0 saturated carbocycles. The fourth-order valence-corrected chi connectivity index (χ4v) is 4.82. The molecule has 4 heterocycles. The third-order valence-electron chi connectivity index (χ3n) is 6.64. The molecule has 0 spiro atoms. The second-order valence-corrected chi connectivity index (χ2v) is 8.41. The molecule has 5 rings (SSSR count). The number of fused-ring (bicyclic) bond motifs is 3. The Kier molecular flexibility index (Phi) is 4.85. The molecule has 0 aliphatic carbocycles. The molecule has 1 aromatic carbocycles. The second-order valence-electron chi connectivity index (χ2n) is 8.41. The van der Waals surface area contributed by atoms with Crippen LogP contribution in [-0.2, 0) is 6.54 Å². The van der Waals surface area contributed by atoms with Gasteiger partial charge >= 0.3 is 0 Å². The van der Waals surface area contributed by atoms with Gasteiger partial charge in [-0.2, -0.15) is 0 Å². The summed E-state index contributed by atoms with van der Waals surface area (Å²) in [5.74, 6) is 0.655. The van der Waals surface area contributed by atoms with E-state index in [1.54, 1.807) is 23.0 Å². The van der Waals surface area contributed by atoms with Crippen molar-refractivity contribution < 1.29 is 9.50 Å². The van der Waals surface area contributed by atoms with Crippen LogP contribution < -0.4 is 15.8 Å². The Labute approximate surface area is 178 Å². The fourth-order valence-electron chi connectivity index (χ4n) is 4.82. The molecule has 2 saturated heterocycles. The second kappa shape index (κ2) is 7.56. The van der Waals surface area contributed by atoms with Gasteiger partial charge in [0.15, 0.2) is 11.6 Å². The molecule has 3 unspecified atom stereocenters. The predicted octanol–water partition coefficient (Wildman–Crippen LogP) is 2.25. The molecular formula is C22H25FN6O2. The van der Waals surface area contributed by atoms with Crippen molar-refractivity contribution in [2.45, 2.75) is 57.0 Å². The summed E-state index contributed by atoms with van der Waals surface area (Å²) in [5, 5.41) is 23.4. The summed E-state index contributed by atoms with van der Waals surface area (Å²) in [6.07, 6.45) is 4.90. The van der Waals surface area contributed by atoms with E-state index >= 15 is 0 Å². The van der Waals surface area contributed by atoms with Gasteiger partial charge in [-0.05, 0) is 49.8 Å². The van der Waals surface area contributed by atoms with Crippen molar-refractivity contribution in [2.24, 2.45) is 0 Å². The van der Waals surface area contributed by atoms with E-state index in [1.165, 1.54) is 6.07 Å². The highest BCUT2D eigenvalue weighted by Gasteiger charge is 2.43. The van der Waals surface area contributed by atoms with Crippen LogP contribution in [0.4, 0.5) is 10.2 Å². The zero-order valence-corrected chi connectivity index (χ0v) is 17.5. The summed E-state index contributed by atoms with van der Waals surface area (Å²) in [6.45, 7) is 2.44. The molecule has 0 radical (unpaired) electrons. The maximum absolute atomic E-state index is 14.9. The van der Waals surface area contributed by atoms with Gasteiger partial charge in [-0.1, -0.05) is 0 Å². The van der Waals surface area contributed by atoms with E-state index in [9.17, 15) is 14.3 Å². The number of aromatic hydroxyl groups is 1. The van der Waals surface area contributed by atoms with Gasteiger partial charge in [0.2, 0.25) is 0 Å². The third-order valence-corrected chi connectivity index (χ3v) is 6.64. The quantitative estimate of drug-likeness (QED) is 0.663.